The van der Waals surface area contributed by atoms with Gasteiger partial charge in [0.05, 0.1) is 24.9 Å². The van der Waals surface area contributed by atoms with Crippen LogP contribution in [0.1, 0.15) is 29.5 Å². The van der Waals surface area contributed by atoms with Gasteiger partial charge < -0.3 is 15.0 Å². The number of fused-ring (bicyclic) bond motifs is 1. The number of H-pyrrole nitrogens is 1. The van der Waals surface area contributed by atoms with Crippen molar-refractivity contribution < 1.29 is 9.90 Å². The summed E-state index contributed by atoms with van der Waals surface area (Å²) in [6, 6.07) is 12.6. The Morgan fingerprint density at radius 2 is 2.16 bits per heavy atom. The number of aliphatic hydroxyl groups is 1. The van der Waals surface area contributed by atoms with Crippen molar-refractivity contribution in [2.45, 2.75) is 25.9 Å². The number of carbonyl (C=O) groups is 1. The highest BCUT2D eigenvalue weighted by atomic mass is 35.5. The van der Waals surface area contributed by atoms with E-state index >= 15 is 0 Å². The van der Waals surface area contributed by atoms with Gasteiger partial charge in [-0.25, -0.2) is 0 Å². The van der Waals surface area contributed by atoms with E-state index < -0.39 is 0 Å². The lowest BCUT2D eigenvalue weighted by Gasteiger charge is -2.29. The summed E-state index contributed by atoms with van der Waals surface area (Å²) in [6.07, 6.45) is 2.34. The highest BCUT2D eigenvalue weighted by Crippen LogP contribution is 2.25. The highest BCUT2D eigenvalue weighted by Gasteiger charge is 2.25. The second-order valence-corrected chi connectivity index (χ2v) is 6.29. The molecule has 0 fully saturated rings. The molecule has 2 N–H and O–H groups in total. The number of benzene rings is 1. The molecule has 2 heterocycles. The molecule has 0 aliphatic rings. The van der Waals surface area contributed by atoms with Gasteiger partial charge >= 0.3 is 0 Å². The van der Waals surface area contributed by atoms with E-state index in [1.54, 1.807) is 23.2 Å². The number of pyridine rings is 1. The summed E-state index contributed by atoms with van der Waals surface area (Å²) in [5.41, 5.74) is 2.04. The lowest BCUT2D eigenvalue weighted by Crippen LogP contribution is -2.42. The van der Waals surface area contributed by atoms with Crippen LogP contribution in [0.15, 0.2) is 48.7 Å². The van der Waals surface area contributed by atoms with Crippen molar-refractivity contribution in [3.63, 3.8) is 0 Å². The number of amides is 1. The molecule has 2 aromatic heterocycles. The average molecular weight is 358 g/mol. The number of nitrogens with one attached hydrogen (secondary N) is 1. The molecular formula is C19H20ClN3O2. The normalized spacial score (nSPS) is 12.3. The molecule has 0 saturated carbocycles. The molecular weight excluding hydrogens is 338 g/mol. The van der Waals surface area contributed by atoms with E-state index in [4.69, 9.17) is 11.6 Å². The minimum absolute atomic E-state index is 0.101. The van der Waals surface area contributed by atoms with E-state index in [0.717, 1.165) is 16.6 Å². The number of aromatic amines is 1. The number of hydrogen-bond acceptors (Lipinski definition) is 3. The van der Waals surface area contributed by atoms with Gasteiger partial charge in [0.1, 0.15) is 5.69 Å². The first kappa shape index (κ1) is 17.5. The van der Waals surface area contributed by atoms with E-state index in [2.05, 4.69) is 9.97 Å². The molecule has 1 amide bonds. The molecule has 5 nitrogen and oxygen atoms in total. The lowest BCUT2D eigenvalue weighted by atomic mass is 10.1. The molecule has 0 spiro atoms. The standard InChI is InChI=1S/C19H20ClN3O2/c1-2-14(12-24)23(11-13-6-3-4-9-21-13)19(25)18-10-15-16(20)7-5-8-17(15)22-18/h3-10,14,22,24H,2,11-12H2,1H3/t14-/m0/s1. The topological polar surface area (TPSA) is 69.2 Å². The zero-order chi connectivity index (χ0) is 17.8. The Bertz CT molecular complexity index is 859. The monoisotopic (exact) mass is 357 g/mol. The number of aliphatic hydroxyl groups excluding tert-OH is 1. The van der Waals surface area contributed by atoms with Gasteiger partial charge in [0, 0.05) is 22.1 Å². The first-order valence-corrected chi connectivity index (χ1v) is 8.60. The Labute approximate surface area is 151 Å². The summed E-state index contributed by atoms with van der Waals surface area (Å²) in [4.78, 5) is 22.2. The molecule has 3 aromatic rings. The van der Waals surface area contributed by atoms with Gasteiger partial charge in [-0.1, -0.05) is 30.7 Å². The first-order valence-electron chi connectivity index (χ1n) is 8.23. The largest absolute Gasteiger partial charge is 0.394 e. The minimum Gasteiger partial charge on any atom is -0.394 e. The predicted molar refractivity (Wildman–Crippen MR) is 98.6 cm³/mol. The van der Waals surface area contributed by atoms with Gasteiger partial charge in [-0.3, -0.25) is 9.78 Å². The predicted octanol–water partition coefficient (Wildman–Crippen LogP) is 3.63. The summed E-state index contributed by atoms with van der Waals surface area (Å²) in [5, 5.41) is 11.1. The van der Waals surface area contributed by atoms with Gasteiger partial charge in [-0.05, 0) is 36.8 Å². The Hall–Kier alpha value is -2.37. The van der Waals surface area contributed by atoms with Crippen LogP contribution >= 0.6 is 11.6 Å². The fraction of sp³-hybridized carbons (Fsp3) is 0.263. The van der Waals surface area contributed by atoms with Gasteiger partial charge in [0.2, 0.25) is 0 Å². The van der Waals surface area contributed by atoms with E-state index in [1.165, 1.54) is 0 Å². The molecule has 0 aliphatic heterocycles. The third-order valence-corrected chi connectivity index (χ3v) is 4.61. The third-order valence-electron chi connectivity index (χ3n) is 4.28. The zero-order valence-electron chi connectivity index (χ0n) is 13.9. The second-order valence-electron chi connectivity index (χ2n) is 5.88. The fourth-order valence-electron chi connectivity index (χ4n) is 2.87. The van der Waals surface area contributed by atoms with Crippen molar-refractivity contribution in [1.29, 1.82) is 0 Å². The maximum Gasteiger partial charge on any atom is 0.270 e. The Morgan fingerprint density at radius 1 is 1.32 bits per heavy atom. The minimum atomic E-state index is -0.281. The molecule has 0 bridgehead atoms. The quantitative estimate of drug-likeness (QED) is 0.707. The van der Waals surface area contributed by atoms with Gasteiger partial charge in [0.15, 0.2) is 0 Å². The Morgan fingerprint density at radius 3 is 2.80 bits per heavy atom. The average Bonchev–Trinajstić information content (AvgIpc) is 3.08. The van der Waals surface area contributed by atoms with E-state index in [0.29, 0.717) is 23.7 Å². The van der Waals surface area contributed by atoms with Crippen LogP contribution in [0.25, 0.3) is 10.9 Å². The third kappa shape index (κ3) is 3.67. The summed E-state index contributed by atoms with van der Waals surface area (Å²) in [6.45, 7) is 2.18. The van der Waals surface area contributed by atoms with Crippen LogP contribution in [0, 0.1) is 0 Å². The number of rotatable bonds is 6. The van der Waals surface area contributed by atoms with E-state index in [1.807, 2.05) is 37.3 Å². The fourth-order valence-corrected chi connectivity index (χ4v) is 3.10. The van der Waals surface area contributed by atoms with Crippen molar-refractivity contribution in [3.05, 3.63) is 65.1 Å². The highest BCUT2D eigenvalue weighted by molar-refractivity contribution is 6.35. The van der Waals surface area contributed by atoms with E-state index in [-0.39, 0.29) is 18.6 Å². The lowest BCUT2D eigenvalue weighted by molar-refractivity contribution is 0.0555. The summed E-state index contributed by atoms with van der Waals surface area (Å²) in [5.74, 6) is -0.182. The van der Waals surface area contributed by atoms with Crippen molar-refractivity contribution in [3.8, 4) is 0 Å². The van der Waals surface area contributed by atoms with Gasteiger partial charge in [0.25, 0.3) is 5.91 Å². The van der Waals surface area contributed by atoms with Crippen LogP contribution in [0.5, 0.6) is 0 Å². The summed E-state index contributed by atoms with van der Waals surface area (Å²) in [7, 11) is 0. The molecule has 25 heavy (non-hydrogen) atoms. The van der Waals surface area contributed by atoms with Crippen LogP contribution < -0.4 is 0 Å². The van der Waals surface area contributed by atoms with Crippen LogP contribution in [0.4, 0.5) is 0 Å². The van der Waals surface area contributed by atoms with Crippen molar-refractivity contribution >= 4 is 28.4 Å². The SMILES string of the molecule is CC[C@@H](CO)N(Cc1ccccn1)C(=O)c1cc2c(Cl)cccc2[nH]1. The van der Waals surface area contributed by atoms with Crippen LogP contribution in [0.3, 0.4) is 0 Å². The van der Waals surface area contributed by atoms with Crippen LogP contribution in [-0.4, -0.2) is 38.5 Å². The maximum absolute atomic E-state index is 13.1. The molecule has 1 atom stereocenters. The molecule has 1 aromatic carbocycles. The smallest absolute Gasteiger partial charge is 0.270 e. The Kier molecular flexibility index (Phi) is 5.36. The summed E-state index contributed by atoms with van der Waals surface area (Å²) >= 11 is 6.21. The number of halogens is 1. The number of aromatic nitrogens is 2. The molecule has 0 unspecified atom stereocenters. The first-order chi connectivity index (χ1) is 12.1. The van der Waals surface area contributed by atoms with E-state index in [9.17, 15) is 9.90 Å². The summed E-state index contributed by atoms with van der Waals surface area (Å²) < 4.78 is 0. The van der Waals surface area contributed by atoms with Gasteiger partial charge in [-0.15, -0.1) is 0 Å². The molecule has 0 saturated heterocycles. The Balaban J connectivity index is 1.95. The number of carbonyl (C=O) groups excluding carboxylic acids is 1. The number of nitrogens with zero attached hydrogens (tertiary/aromatic N) is 2. The zero-order valence-corrected chi connectivity index (χ0v) is 14.7. The van der Waals surface area contributed by atoms with Crippen molar-refractivity contribution in [2.24, 2.45) is 0 Å². The molecule has 130 valence electrons. The van der Waals surface area contributed by atoms with Gasteiger partial charge in [-0.2, -0.15) is 0 Å². The van der Waals surface area contributed by atoms with Crippen LogP contribution in [0.2, 0.25) is 5.02 Å². The number of hydrogen-bond donors (Lipinski definition) is 2. The van der Waals surface area contributed by atoms with Crippen molar-refractivity contribution in [2.75, 3.05) is 6.61 Å². The maximum atomic E-state index is 13.1. The van der Waals surface area contributed by atoms with Crippen molar-refractivity contribution in [1.82, 2.24) is 14.9 Å². The van der Waals surface area contributed by atoms with Crippen LogP contribution in [-0.2, 0) is 6.54 Å². The second kappa shape index (κ2) is 7.68. The molecule has 3 rings (SSSR count). The molecule has 0 aliphatic carbocycles. The molecule has 0 radical (unpaired) electrons. The molecule has 6 heteroatoms.